The first-order valence-corrected chi connectivity index (χ1v) is 4.40. The van der Waals surface area contributed by atoms with Gasteiger partial charge >= 0.3 is 0 Å². The van der Waals surface area contributed by atoms with Crippen LogP contribution in [0.3, 0.4) is 0 Å². The molecule has 0 aliphatic heterocycles. The van der Waals surface area contributed by atoms with Crippen LogP contribution in [0, 0.1) is 0 Å². The highest BCUT2D eigenvalue weighted by Gasteiger charge is 1.89. The van der Waals surface area contributed by atoms with E-state index in [1.54, 1.807) is 6.21 Å². The summed E-state index contributed by atoms with van der Waals surface area (Å²) in [5, 5.41) is 7.77. The molecular weight excluding hydrogens is 162 g/mol. The van der Waals surface area contributed by atoms with E-state index in [9.17, 15) is 0 Å². The minimum Gasteiger partial charge on any atom is -0.247 e. The second kappa shape index (κ2) is 7.40. The molecule has 0 saturated carbocycles. The highest BCUT2D eigenvalue weighted by molar-refractivity contribution is 5.86. The summed E-state index contributed by atoms with van der Waals surface area (Å²) in [5.41, 5.74) is 1.20. The van der Waals surface area contributed by atoms with E-state index in [-0.39, 0.29) is 0 Å². The Morgan fingerprint density at radius 1 is 1.38 bits per heavy atom. The molecule has 0 heterocycles. The fraction of sp³-hybridized carbons (Fsp3) is 0.500. The van der Waals surface area contributed by atoms with Gasteiger partial charge in [-0.25, -0.2) is 4.99 Å². The highest BCUT2D eigenvalue weighted by Crippen LogP contribution is 1.93. The summed E-state index contributed by atoms with van der Waals surface area (Å²) in [5.74, 6) is 0.695. The molecule has 0 spiro atoms. The molecule has 0 bridgehead atoms. The molecule has 0 aromatic rings. The quantitative estimate of drug-likeness (QED) is 0.361. The van der Waals surface area contributed by atoms with Gasteiger partial charge in [0.15, 0.2) is 0 Å². The van der Waals surface area contributed by atoms with Crippen LogP contribution in [0.25, 0.3) is 0 Å². The van der Waals surface area contributed by atoms with Gasteiger partial charge in [0.05, 0.1) is 0 Å². The second-order valence-electron chi connectivity index (χ2n) is 2.93. The molecule has 0 aromatic carbocycles. The standard InChI is InChI=1S/C10H17N3/c1-5-6-10(11-4)13-12-8-7-9(2)3/h7-8H,4-6H2,1-3H3/b12-8-,13-10-. The van der Waals surface area contributed by atoms with E-state index in [1.165, 1.54) is 5.57 Å². The van der Waals surface area contributed by atoms with Crippen molar-refractivity contribution in [1.82, 2.24) is 0 Å². The average Bonchev–Trinajstić information content (AvgIpc) is 2.10. The van der Waals surface area contributed by atoms with E-state index in [4.69, 9.17) is 0 Å². The molecule has 13 heavy (non-hydrogen) atoms. The van der Waals surface area contributed by atoms with Gasteiger partial charge < -0.3 is 0 Å². The van der Waals surface area contributed by atoms with Crippen molar-refractivity contribution in [2.75, 3.05) is 0 Å². The van der Waals surface area contributed by atoms with E-state index in [2.05, 4.69) is 28.8 Å². The second-order valence-corrected chi connectivity index (χ2v) is 2.93. The van der Waals surface area contributed by atoms with Gasteiger partial charge in [-0.15, -0.1) is 5.10 Å². The molecule has 0 amide bonds. The lowest BCUT2D eigenvalue weighted by Crippen LogP contribution is -1.90. The van der Waals surface area contributed by atoms with Crippen molar-refractivity contribution in [2.24, 2.45) is 15.2 Å². The van der Waals surface area contributed by atoms with Crippen molar-refractivity contribution in [3.05, 3.63) is 11.6 Å². The number of hydrogen-bond acceptors (Lipinski definition) is 2. The molecule has 0 N–H and O–H groups in total. The molecule has 0 fully saturated rings. The molecule has 0 rings (SSSR count). The minimum absolute atomic E-state index is 0.695. The molecule has 0 radical (unpaired) electrons. The summed E-state index contributed by atoms with van der Waals surface area (Å²) in [7, 11) is 0. The van der Waals surface area contributed by atoms with Crippen molar-refractivity contribution >= 4 is 18.8 Å². The fourth-order valence-electron chi connectivity index (χ4n) is 0.667. The summed E-state index contributed by atoms with van der Waals surface area (Å²) in [6.07, 6.45) is 5.40. The van der Waals surface area contributed by atoms with Crippen LogP contribution in [0.15, 0.2) is 26.8 Å². The van der Waals surface area contributed by atoms with E-state index >= 15 is 0 Å². The topological polar surface area (TPSA) is 37.1 Å². The molecule has 3 heteroatoms. The number of rotatable bonds is 4. The normalized spacial score (nSPS) is 11.8. The van der Waals surface area contributed by atoms with E-state index in [0.29, 0.717) is 5.84 Å². The fourth-order valence-corrected chi connectivity index (χ4v) is 0.667. The van der Waals surface area contributed by atoms with Crippen molar-refractivity contribution in [2.45, 2.75) is 33.6 Å². The molecule has 3 nitrogen and oxygen atoms in total. The van der Waals surface area contributed by atoms with Crippen molar-refractivity contribution in [1.29, 1.82) is 0 Å². The number of allylic oxidation sites excluding steroid dienone is 2. The van der Waals surface area contributed by atoms with Crippen molar-refractivity contribution in [3.8, 4) is 0 Å². The lowest BCUT2D eigenvalue weighted by atomic mass is 10.3. The predicted molar refractivity (Wildman–Crippen MR) is 59.8 cm³/mol. The molecule has 0 aliphatic rings. The summed E-state index contributed by atoms with van der Waals surface area (Å²) >= 11 is 0. The van der Waals surface area contributed by atoms with Gasteiger partial charge in [-0.2, -0.15) is 5.10 Å². The van der Waals surface area contributed by atoms with Gasteiger partial charge in [-0.1, -0.05) is 12.5 Å². The first kappa shape index (κ1) is 11.8. The Kier molecular flexibility index (Phi) is 6.69. The third-order valence-electron chi connectivity index (χ3n) is 1.30. The molecule has 72 valence electrons. The summed E-state index contributed by atoms with van der Waals surface area (Å²) in [6, 6.07) is 0. The number of amidine groups is 1. The molecule has 0 aliphatic carbocycles. The summed E-state index contributed by atoms with van der Waals surface area (Å²) in [4.78, 5) is 3.76. The molecular formula is C10H17N3. The number of aliphatic imine (C=N–C) groups is 1. The maximum absolute atomic E-state index is 3.92. The Balaban J connectivity index is 4.13. The van der Waals surface area contributed by atoms with Gasteiger partial charge in [0, 0.05) is 12.6 Å². The van der Waals surface area contributed by atoms with Crippen molar-refractivity contribution < 1.29 is 0 Å². The maximum atomic E-state index is 3.92. The molecule has 0 atom stereocenters. The van der Waals surface area contributed by atoms with E-state index in [1.807, 2.05) is 19.9 Å². The van der Waals surface area contributed by atoms with E-state index < -0.39 is 0 Å². The molecule has 0 unspecified atom stereocenters. The Labute approximate surface area is 80.0 Å². The smallest absolute Gasteiger partial charge is 0.150 e. The first-order valence-electron chi connectivity index (χ1n) is 4.40. The van der Waals surface area contributed by atoms with E-state index in [0.717, 1.165) is 12.8 Å². The zero-order valence-electron chi connectivity index (χ0n) is 8.62. The zero-order chi connectivity index (χ0) is 10.1. The third-order valence-corrected chi connectivity index (χ3v) is 1.30. The van der Waals surface area contributed by atoms with Crippen LogP contribution in [-0.2, 0) is 0 Å². The highest BCUT2D eigenvalue weighted by atomic mass is 15.2. The zero-order valence-corrected chi connectivity index (χ0v) is 8.62. The predicted octanol–water partition coefficient (Wildman–Crippen LogP) is 2.84. The van der Waals surface area contributed by atoms with Gasteiger partial charge in [0.1, 0.15) is 5.84 Å². The Morgan fingerprint density at radius 2 is 2.08 bits per heavy atom. The van der Waals surface area contributed by atoms with Crippen LogP contribution in [0.5, 0.6) is 0 Å². The van der Waals surface area contributed by atoms with Crippen LogP contribution in [-0.4, -0.2) is 18.8 Å². The third kappa shape index (κ3) is 7.12. The Bertz CT molecular complexity index is 233. The summed E-state index contributed by atoms with van der Waals surface area (Å²) in [6.45, 7) is 9.51. The van der Waals surface area contributed by atoms with Crippen LogP contribution in [0.2, 0.25) is 0 Å². The van der Waals surface area contributed by atoms with Gasteiger partial charge in [-0.05, 0) is 33.1 Å². The van der Waals surface area contributed by atoms with Crippen molar-refractivity contribution in [3.63, 3.8) is 0 Å². The monoisotopic (exact) mass is 179 g/mol. The number of hydrogen-bond donors (Lipinski definition) is 0. The lowest BCUT2D eigenvalue weighted by molar-refractivity contribution is 0.973. The molecule has 0 aromatic heterocycles. The molecule has 0 saturated heterocycles. The van der Waals surface area contributed by atoms with Gasteiger partial charge in [-0.3, -0.25) is 0 Å². The van der Waals surface area contributed by atoms with Crippen LogP contribution >= 0.6 is 0 Å². The van der Waals surface area contributed by atoms with Gasteiger partial charge in [0.25, 0.3) is 0 Å². The average molecular weight is 179 g/mol. The number of nitrogens with zero attached hydrogens (tertiary/aromatic N) is 3. The Hall–Kier alpha value is -1.25. The van der Waals surface area contributed by atoms with Gasteiger partial charge in [0.2, 0.25) is 0 Å². The van der Waals surface area contributed by atoms with Crippen LogP contribution < -0.4 is 0 Å². The largest absolute Gasteiger partial charge is 0.247 e. The Morgan fingerprint density at radius 3 is 2.54 bits per heavy atom. The van der Waals surface area contributed by atoms with Crippen LogP contribution in [0.1, 0.15) is 33.6 Å². The maximum Gasteiger partial charge on any atom is 0.150 e. The lowest BCUT2D eigenvalue weighted by Gasteiger charge is -1.91. The summed E-state index contributed by atoms with van der Waals surface area (Å²) < 4.78 is 0. The minimum atomic E-state index is 0.695. The van der Waals surface area contributed by atoms with Crippen LogP contribution in [0.4, 0.5) is 0 Å². The SMILES string of the molecule is C=N/C(CCC)=N\N=C/C=C(C)C. The first-order chi connectivity index (χ1) is 6.20.